The number of aryl methyl sites for hydroxylation is 1. The van der Waals surface area contributed by atoms with E-state index in [1.54, 1.807) is 17.0 Å². The van der Waals surface area contributed by atoms with Crippen LogP contribution in [0.3, 0.4) is 0 Å². The van der Waals surface area contributed by atoms with E-state index in [-0.39, 0.29) is 52.9 Å². The van der Waals surface area contributed by atoms with Crippen molar-refractivity contribution in [3.63, 3.8) is 0 Å². The number of aromatic nitrogens is 1. The van der Waals surface area contributed by atoms with Crippen LogP contribution in [0.2, 0.25) is 0 Å². The first-order valence-corrected chi connectivity index (χ1v) is 10.6. The predicted molar refractivity (Wildman–Crippen MR) is 128 cm³/mol. The highest BCUT2D eigenvalue weighted by Crippen LogP contribution is 2.42. The third-order valence-corrected chi connectivity index (χ3v) is 5.74. The van der Waals surface area contributed by atoms with E-state index in [1.807, 2.05) is 39.8 Å². The summed E-state index contributed by atoms with van der Waals surface area (Å²) in [6.45, 7) is 8.37. The molecule has 2 N–H and O–H groups in total. The number of carbonyl (C=O) groups excluding carboxylic acids is 1. The van der Waals surface area contributed by atoms with E-state index in [4.69, 9.17) is 14.9 Å². The van der Waals surface area contributed by atoms with Gasteiger partial charge in [0.25, 0.3) is 0 Å². The number of ether oxygens (including phenoxy) is 2. The minimum atomic E-state index is -1.12. The Morgan fingerprint density at radius 2 is 2.00 bits per heavy atom. The number of carboxylic acid groups (broad SMARTS) is 1. The lowest BCUT2D eigenvalue weighted by Gasteiger charge is -2.30. The van der Waals surface area contributed by atoms with Gasteiger partial charge in [-0.1, -0.05) is 33.8 Å². The molecule has 0 amide bonds. The first kappa shape index (κ1) is 24.7. The van der Waals surface area contributed by atoms with Crippen LogP contribution in [0.15, 0.2) is 24.3 Å². The number of benzene rings is 1. The molecule has 0 aliphatic carbocycles. The van der Waals surface area contributed by atoms with Crippen LogP contribution in [0.5, 0.6) is 11.5 Å². The lowest BCUT2D eigenvalue weighted by Crippen LogP contribution is -2.37. The van der Waals surface area contributed by atoms with Crippen LogP contribution in [0.4, 0.5) is 0 Å². The molecule has 1 unspecified atom stereocenters. The molecule has 1 atom stereocenters. The van der Waals surface area contributed by atoms with Crippen molar-refractivity contribution in [1.29, 1.82) is 5.41 Å². The average molecular weight is 518 g/mol. The van der Waals surface area contributed by atoms with Crippen molar-refractivity contribution in [3.05, 3.63) is 52.3 Å². The van der Waals surface area contributed by atoms with Crippen molar-refractivity contribution in [3.8, 4) is 11.5 Å². The number of pyridine rings is 1. The predicted octanol–water partition coefficient (Wildman–Crippen LogP) is 3.77. The summed E-state index contributed by atoms with van der Waals surface area (Å²) in [5.41, 5.74) is 3.29. The number of amidine groups is 1. The average Bonchev–Trinajstić information content (AvgIpc) is 3.06. The lowest BCUT2D eigenvalue weighted by atomic mass is 9.84. The Labute approximate surface area is 203 Å². The first-order valence-electron chi connectivity index (χ1n) is 10.6. The maximum absolute atomic E-state index is 13.2. The van der Waals surface area contributed by atoms with Crippen LogP contribution in [0, 0.1) is 5.41 Å². The lowest BCUT2D eigenvalue weighted by molar-refractivity contribution is -0.147. The van der Waals surface area contributed by atoms with Gasteiger partial charge in [-0.25, -0.2) is 9.78 Å². The summed E-state index contributed by atoms with van der Waals surface area (Å²) in [7, 11) is 0. The molecule has 33 heavy (non-hydrogen) atoms. The molecule has 0 radical (unpaired) electrons. The molecule has 2 aliphatic heterocycles. The summed E-state index contributed by atoms with van der Waals surface area (Å²) in [6, 6.07) is 7.24. The van der Waals surface area contributed by atoms with Gasteiger partial charge >= 0.3 is 5.97 Å². The Balaban J connectivity index is 0.00000306. The molecule has 0 fully saturated rings. The summed E-state index contributed by atoms with van der Waals surface area (Å²) in [5.74, 6) is -0.333. The Morgan fingerprint density at radius 1 is 1.27 bits per heavy atom. The fourth-order valence-corrected chi connectivity index (χ4v) is 3.92. The molecule has 2 aromatic rings. The summed E-state index contributed by atoms with van der Waals surface area (Å²) in [4.78, 5) is 30.8. The zero-order chi connectivity index (χ0) is 23.2. The number of rotatable bonds is 5. The van der Waals surface area contributed by atoms with Gasteiger partial charge in [0.1, 0.15) is 18.1 Å². The van der Waals surface area contributed by atoms with Gasteiger partial charge in [-0.3, -0.25) is 10.2 Å². The molecule has 2 aliphatic rings. The Morgan fingerprint density at radius 3 is 2.64 bits per heavy atom. The van der Waals surface area contributed by atoms with Crippen molar-refractivity contribution >= 4 is 34.6 Å². The number of Topliss-reactive ketones (excluding diaryl/α,β-unsaturated/α-hetero) is 1. The molecule has 4 rings (SSSR count). The van der Waals surface area contributed by atoms with Crippen LogP contribution in [0.1, 0.15) is 60.6 Å². The second-order valence-corrected chi connectivity index (χ2v) is 9.15. The number of nitrogens with zero attached hydrogens (tertiary/aromatic N) is 2. The van der Waals surface area contributed by atoms with E-state index in [0.717, 1.165) is 23.2 Å². The van der Waals surface area contributed by atoms with E-state index < -0.39 is 12.1 Å². The molecule has 3 heterocycles. The van der Waals surface area contributed by atoms with E-state index in [9.17, 15) is 14.7 Å². The maximum Gasteiger partial charge on any atom is 0.348 e. The van der Waals surface area contributed by atoms with E-state index in [0.29, 0.717) is 23.6 Å². The number of halogens is 1. The van der Waals surface area contributed by atoms with Crippen LogP contribution < -0.4 is 9.47 Å². The van der Waals surface area contributed by atoms with E-state index in [1.165, 1.54) is 0 Å². The maximum atomic E-state index is 13.2. The highest BCUT2D eigenvalue weighted by molar-refractivity contribution is 8.93. The molecule has 0 bridgehead atoms. The third-order valence-electron chi connectivity index (χ3n) is 5.74. The van der Waals surface area contributed by atoms with Gasteiger partial charge in [-0.15, -0.1) is 17.0 Å². The number of carbonyl (C=O) groups is 2. The highest BCUT2D eigenvalue weighted by atomic mass is 79.9. The number of ketones is 1. The molecule has 0 saturated heterocycles. The number of fused-ring (bicyclic) bond motifs is 2. The zero-order valence-corrected chi connectivity index (χ0v) is 20.8. The molecular formula is C24H28BrN3O5. The molecule has 176 valence electrons. The molecule has 8 nitrogen and oxygen atoms in total. The smallest absolute Gasteiger partial charge is 0.348 e. The minimum Gasteiger partial charge on any atom is -0.485 e. The van der Waals surface area contributed by atoms with E-state index in [2.05, 4.69) is 4.98 Å². The SMILES string of the molecule is Br.CCc1ccc2c(n1)C(=N)N(CC(=O)c1cc3c(c(C(C)(C)C)c1)OCC(C(=O)O)O3)C2. The van der Waals surface area contributed by atoms with Gasteiger partial charge in [0, 0.05) is 28.9 Å². The van der Waals surface area contributed by atoms with Crippen molar-refractivity contribution in [2.75, 3.05) is 13.2 Å². The molecular weight excluding hydrogens is 490 g/mol. The van der Waals surface area contributed by atoms with Crippen molar-refractivity contribution in [2.45, 2.75) is 52.2 Å². The summed E-state index contributed by atoms with van der Waals surface area (Å²) >= 11 is 0. The number of hydrogen-bond acceptors (Lipinski definition) is 6. The van der Waals surface area contributed by atoms with Gasteiger partial charge in [-0.2, -0.15) is 0 Å². The number of nitrogens with one attached hydrogen (secondary N) is 1. The van der Waals surface area contributed by atoms with Gasteiger partial charge in [0.05, 0.1) is 6.54 Å². The Hall–Kier alpha value is -2.94. The molecule has 0 saturated carbocycles. The largest absolute Gasteiger partial charge is 0.485 e. The quantitative estimate of drug-likeness (QED) is 0.580. The second-order valence-electron chi connectivity index (χ2n) is 9.15. The topological polar surface area (TPSA) is 113 Å². The highest BCUT2D eigenvalue weighted by Gasteiger charge is 2.34. The third kappa shape index (κ3) is 4.73. The van der Waals surface area contributed by atoms with Crippen molar-refractivity contribution in [2.24, 2.45) is 0 Å². The number of hydrogen-bond donors (Lipinski definition) is 2. The van der Waals surface area contributed by atoms with Crippen LogP contribution >= 0.6 is 17.0 Å². The second kappa shape index (κ2) is 9.13. The van der Waals surface area contributed by atoms with Gasteiger partial charge in [0.2, 0.25) is 6.10 Å². The van der Waals surface area contributed by atoms with Crippen molar-refractivity contribution in [1.82, 2.24) is 9.88 Å². The summed E-state index contributed by atoms with van der Waals surface area (Å²) in [5, 5.41) is 17.8. The van der Waals surface area contributed by atoms with Gasteiger partial charge in [-0.05, 0) is 30.0 Å². The minimum absolute atomic E-state index is 0. The van der Waals surface area contributed by atoms with Crippen LogP contribution in [-0.4, -0.2) is 51.8 Å². The van der Waals surface area contributed by atoms with E-state index >= 15 is 0 Å². The zero-order valence-electron chi connectivity index (χ0n) is 19.1. The molecule has 9 heteroatoms. The van der Waals surface area contributed by atoms with Gasteiger partial charge in [0.15, 0.2) is 17.3 Å². The fourth-order valence-electron chi connectivity index (χ4n) is 3.92. The van der Waals surface area contributed by atoms with Crippen LogP contribution in [-0.2, 0) is 23.2 Å². The summed E-state index contributed by atoms with van der Waals surface area (Å²) < 4.78 is 11.4. The normalized spacial score (nSPS) is 16.8. The molecule has 1 aromatic carbocycles. The number of aliphatic carboxylic acids is 1. The fraction of sp³-hybridized carbons (Fsp3) is 0.417. The van der Waals surface area contributed by atoms with Crippen molar-refractivity contribution < 1.29 is 24.2 Å². The van der Waals surface area contributed by atoms with Gasteiger partial charge < -0.3 is 19.5 Å². The standard InChI is InChI=1S/C24H27N3O5.BrH/c1-5-15-7-6-13-10-27(22(25)20(13)26-15)11-17(28)14-8-16(24(2,3)4)21-18(9-14)32-19(12-31-21)23(29)30;/h6-9,19,25H,5,10-12H2,1-4H3,(H,29,30);1H. The molecule has 0 spiro atoms. The molecule has 1 aromatic heterocycles. The summed E-state index contributed by atoms with van der Waals surface area (Å²) in [6.07, 6.45) is -0.343. The Bertz CT molecular complexity index is 1130. The monoisotopic (exact) mass is 517 g/mol. The first-order chi connectivity index (χ1) is 15.1. The Kier molecular flexibility index (Phi) is 6.83. The number of carboxylic acids is 1. The van der Waals surface area contributed by atoms with Crippen LogP contribution in [0.25, 0.3) is 0 Å².